The van der Waals surface area contributed by atoms with Crippen molar-refractivity contribution in [2.75, 3.05) is 11.9 Å². The average Bonchev–Trinajstić information content (AvgIpc) is 2.94. The molecule has 1 aliphatic heterocycles. The first kappa shape index (κ1) is 23.7. The van der Waals surface area contributed by atoms with Gasteiger partial charge in [-0.25, -0.2) is 13.8 Å². The number of carbonyl (C=O) groups is 3. The molecular weight excluding hydrogens is 454 g/mol. The number of para-hydroxylation sites is 1. The lowest BCUT2D eigenvalue weighted by Gasteiger charge is -2.22. The van der Waals surface area contributed by atoms with Crippen molar-refractivity contribution < 1.29 is 23.2 Å². The van der Waals surface area contributed by atoms with Crippen molar-refractivity contribution in [3.8, 4) is 0 Å². The van der Waals surface area contributed by atoms with Crippen LogP contribution in [0.1, 0.15) is 28.4 Å². The second-order valence-electron chi connectivity index (χ2n) is 8.02. The molecule has 0 saturated carbocycles. The van der Waals surface area contributed by atoms with Crippen LogP contribution in [0.5, 0.6) is 0 Å². The molecule has 0 fully saturated rings. The number of likely N-dealkylation sites (N-methyl/N-ethyl adjacent to an activating group) is 1. The first-order valence-corrected chi connectivity index (χ1v) is 10.8. The molecule has 0 radical (unpaired) electrons. The molecule has 0 bridgehead atoms. The highest BCUT2D eigenvalue weighted by atomic mass is 19.1. The van der Waals surface area contributed by atoms with Gasteiger partial charge in [0.15, 0.2) is 0 Å². The molecule has 3 amide bonds. The summed E-state index contributed by atoms with van der Waals surface area (Å²) in [5.74, 6) is -3.83. The molecule has 35 heavy (non-hydrogen) atoms. The summed E-state index contributed by atoms with van der Waals surface area (Å²) in [4.78, 5) is 44.5. The molecule has 1 heterocycles. The third-order valence-electron chi connectivity index (χ3n) is 5.54. The number of halogens is 2. The molecule has 2 atom stereocenters. The van der Waals surface area contributed by atoms with E-state index in [0.29, 0.717) is 17.5 Å². The van der Waals surface area contributed by atoms with Gasteiger partial charge in [0, 0.05) is 29.8 Å². The van der Waals surface area contributed by atoms with Crippen molar-refractivity contribution in [3.05, 3.63) is 101 Å². The Bertz CT molecular complexity index is 1310. The monoisotopic (exact) mass is 476 g/mol. The zero-order chi connectivity index (χ0) is 25.1. The second-order valence-corrected chi connectivity index (χ2v) is 8.02. The first-order valence-electron chi connectivity index (χ1n) is 10.8. The predicted molar refractivity (Wildman–Crippen MR) is 127 cm³/mol. The largest absolute Gasteiger partial charge is 0.341 e. The Morgan fingerprint density at radius 3 is 2.29 bits per heavy atom. The summed E-state index contributed by atoms with van der Waals surface area (Å²) in [6, 6.07) is 17.8. The van der Waals surface area contributed by atoms with E-state index in [1.807, 2.05) is 42.5 Å². The van der Waals surface area contributed by atoms with Gasteiger partial charge >= 0.3 is 0 Å². The van der Waals surface area contributed by atoms with Crippen LogP contribution in [0.3, 0.4) is 0 Å². The van der Waals surface area contributed by atoms with Gasteiger partial charge in [-0.05, 0) is 25.1 Å². The van der Waals surface area contributed by atoms with Crippen molar-refractivity contribution in [1.82, 2.24) is 10.6 Å². The minimum Gasteiger partial charge on any atom is -0.341 e. The average molecular weight is 476 g/mol. The standard InChI is InChI=1S/C26H22F2N4O3/c1-15(29-25(34)17-12-18(27)14-19(28)13-17)24(33)31-23-26(35)32(2)21-11-7-6-10-20(21)22(30-23)16-8-4-3-5-9-16/h3-15,23H,1-2H3,(H,29,34)(H,31,33)/t15-,23+/m0/s1. The normalized spacial score (nSPS) is 16.0. The van der Waals surface area contributed by atoms with E-state index in [1.165, 1.54) is 11.8 Å². The summed E-state index contributed by atoms with van der Waals surface area (Å²) in [6.07, 6.45) is -1.26. The number of benzene rings is 3. The van der Waals surface area contributed by atoms with E-state index in [0.717, 1.165) is 23.3 Å². The maximum Gasteiger partial charge on any atom is 0.272 e. The molecule has 1 aliphatic rings. The van der Waals surface area contributed by atoms with Gasteiger partial charge in [0.1, 0.15) is 17.7 Å². The van der Waals surface area contributed by atoms with Gasteiger partial charge in [0.25, 0.3) is 11.8 Å². The molecule has 3 aromatic rings. The van der Waals surface area contributed by atoms with Crippen molar-refractivity contribution >= 4 is 29.1 Å². The van der Waals surface area contributed by atoms with Gasteiger partial charge in [0.05, 0.1) is 11.4 Å². The Hall–Kier alpha value is -4.40. The second kappa shape index (κ2) is 9.84. The molecular formula is C26H22F2N4O3. The lowest BCUT2D eigenvalue weighted by molar-refractivity contribution is -0.128. The molecule has 0 aromatic heterocycles. The minimum absolute atomic E-state index is 0.271. The Morgan fingerprint density at radius 2 is 1.60 bits per heavy atom. The summed E-state index contributed by atoms with van der Waals surface area (Å²) in [5, 5.41) is 4.96. The highest BCUT2D eigenvalue weighted by Crippen LogP contribution is 2.27. The van der Waals surface area contributed by atoms with Gasteiger partial charge in [-0.1, -0.05) is 48.5 Å². The van der Waals surface area contributed by atoms with Crippen LogP contribution in [0.2, 0.25) is 0 Å². The predicted octanol–water partition coefficient (Wildman–Crippen LogP) is 3.04. The van der Waals surface area contributed by atoms with Crippen LogP contribution in [0.25, 0.3) is 0 Å². The molecule has 3 aromatic carbocycles. The Balaban J connectivity index is 1.59. The van der Waals surface area contributed by atoms with E-state index in [4.69, 9.17) is 0 Å². The lowest BCUT2D eigenvalue weighted by Crippen LogP contribution is -2.52. The Kier molecular flexibility index (Phi) is 6.68. The molecule has 2 N–H and O–H groups in total. The van der Waals surface area contributed by atoms with E-state index in [2.05, 4.69) is 15.6 Å². The van der Waals surface area contributed by atoms with Crippen molar-refractivity contribution in [3.63, 3.8) is 0 Å². The minimum atomic E-state index is -1.26. The van der Waals surface area contributed by atoms with Crippen molar-refractivity contribution in [2.24, 2.45) is 4.99 Å². The van der Waals surface area contributed by atoms with Gasteiger partial charge in [-0.3, -0.25) is 14.4 Å². The van der Waals surface area contributed by atoms with E-state index < -0.39 is 41.6 Å². The quantitative estimate of drug-likeness (QED) is 0.593. The fourth-order valence-corrected chi connectivity index (χ4v) is 3.73. The summed E-state index contributed by atoms with van der Waals surface area (Å²) >= 11 is 0. The van der Waals surface area contributed by atoms with E-state index in [1.54, 1.807) is 19.2 Å². The van der Waals surface area contributed by atoms with E-state index in [-0.39, 0.29) is 5.56 Å². The van der Waals surface area contributed by atoms with E-state index >= 15 is 0 Å². The fraction of sp³-hybridized carbons (Fsp3) is 0.154. The molecule has 0 aliphatic carbocycles. The molecule has 178 valence electrons. The van der Waals surface area contributed by atoms with Crippen LogP contribution in [0.15, 0.2) is 77.8 Å². The van der Waals surface area contributed by atoms with Crippen LogP contribution >= 0.6 is 0 Å². The third kappa shape index (κ3) is 5.08. The van der Waals surface area contributed by atoms with Gasteiger partial charge in [-0.15, -0.1) is 0 Å². The molecule has 7 nitrogen and oxygen atoms in total. The summed E-state index contributed by atoms with van der Waals surface area (Å²) in [6.45, 7) is 1.39. The number of hydrogen-bond donors (Lipinski definition) is 2. The van der Waals surface area contributed by atoms with Gasteiger partial charge in [0.2, 0.25) is 12.1 Å². The van der Waals surface area contributed by atoms with Crippen molar-refractivity contribution in [1.29, 1.82) is 0 Å². The zero-order valence-electron chi connectivity index (χ0n) is 19.0. The van der Waals surface area contributed by atoms with Gasteiger partial charge < -0.3 is 15.5 Å². The number of amides is 3. The maximum atomic E-state index is 13.4. The maximum absolute atomic E-state index is 13.4. The zero-order valence-corrected chi connectivity index (χ0v) is 19.0. The summed E-state index contributed by atoms with van der Waals surface area (Å²) < 4.78 is 26.9. The smallest absolute Gasteiger partial charge is 0.272 e. The Labute approximate surface area is 200 Å². The summed E-state index contributed by atoms with van der Waals surface area (Å²) in [5.41, 5.74) is 2.37. The van der Waals surface area contributed by atoms with Gasteiger partial charge in [-0.2, -0.15) is 0 Å². The number of nitrogens with zero attached hydrogens (tertiary/aromatic N) is 2. The molecule has 4 rings (SSSR count). The van der Waals surface area contributed by atoms with Crippen molar-refractivity contribution in [2.45, 2.75) is 19.1 Å². The lowest BCUT2D eigenvalue weighted by atomic mass is 10.0. The van der Waals surface area contributed by atoms with Crippen LogP contribution < -0.4 is 15.5 Å². The number of fused-ring (bicyclic) bond motifs is 1. The molecule has 9 heteroatoms. The number of aliphatic imine (C=N–C) groups is 1. The molecule has 0 unspecified atom stereocenters. The number of anilines is 1. The highest BCUT2D eigenvalue weighted by Gasteiger charge is 2.32. The summed E-state index contributed by atoms with van der Waals surface area (Å²) in [7, 11) is 1.59. The number of benzodiazepines with no additional fused rings is 1. The van der Waals surface area contributed by atoms with Crippen LogP contribution in [-0.4, -0.2) is 42.7 Å². The topological polar surface area (TPSA) is 90.9 Å². The van der Waals surface area contributed by atoms with E-state index in [9.17, 15) is 23.2 Å². The number of rotatable bonds is 5. The number of hydrogen-bond acceptors (Lipinski definition) is 4. The fourth-order valence-electron chi connectivity index (χ4n) is 3.73. The van der Waals surface area contributed by atoms with Crippen LogP contribution in [-0.2, 0) is 9.59 Å². The first-order chi connectivity index (χ1) is 16.7. The third-order valence-corrected chi connectivity index (χ3v) is 5.54. The highest BCUT2D eigenvalue weighted by molar-refractivity contribution is 6.20. The molecule has 0 saturated heterocycles. The number of nitrogens with one attached hydrogen (secondary N) is 2. The van der Waals surface area contributed by atoms with Crippen LogP contribution in [0.4, 0.5) is 14.5 Å². The van der Waals surface area contributed by atoms with Crippen LogP contribution in [0, 0.1) is 11.6 Å². The number of carbonyl (C=O) groups excluding carboxylic acids is 3. The Morgan fingerprint density at radius 1 is 0.971 bits per heavy atom. The molecule has 0 spiro atoms. The SMILES string of the molecule is C[C@H](NC(=O)c1cc(F)cc(F)c1)C(=O)N[C@H]1N=C(c2ccccc2)c2ccccc2N(C)C1=O.